The van der Waals surface area contributed by atoms with E-state index >= 15 is 0 Å². The van der Waals surface area contributed by atoms with Crippen molar-refractivity contribution in [2.24, 2.45) is 7.05 Å². The van der Waals surface area contributed by atoms with Crippen LogP contribution in [0.1, 0.15) is 0 Å². The van der Waals surface area contributed by atoms with E-state index in [0.29, 0.717) is 11.4 Å². The summed E-state index contributed by atoms with van der Waals surface area (Å²) in [6.07, 6.45) is 4.37. The van der Waals surface area contributed by atoms with Crippen LogP contribution in [0.3, 0.4) is 0 Å². The molecule has 0 amide bonds. The molecule has 0 atom stereocenters. The molecule has 0 saturated heterocycles. The summed E-state index contributed by atoms with van der Waals surface area (Å²) in [5.74, 6) is -0.395. The minimum Gasteiger partial charge on any atom is -0.381 e. The quantitative estimate of drug-likeness (QED) is 0.719. The van der Waals surface area contributed by atoms with Gasteiger partial charge >= 0.3 is 0 Å². The number of aromatic nitrogens is 4. The van der Waals surface area contributed by atoms with Gasteiger partial charge in [0.05, 0.1) is 18.0 Å². The maximum Gasteiger partial charge on any atom is 0.183 e. The molecule has 2 heterocycles. The van der Waals surface area contributed by atoms with Crippen molar-refractivity contribution in [3.63, 3.8) is 0 Å². The van der Waals surface area contributed by atoms with Gasteiger partial charge in [-0.1, -0.05) is 0 Å². The summed E-state index contributed by atoms with van der Waals surface area (Å²) in [4.78, 5) is 7.60. The molecule has 0 aliphatic heterocycles. The Balaban J connectivity index is 2.47. The van der Waals surface area contributed by atoms with E-state index in [9.17, 15) is 4.39 Å². The third-order valence-corrected chi connectivity index (χ3v) is 1.73. The first kappa shape index (κ1) is 8.61. The lowest BCUT2D eigenvalue weighted by atomic mass is 10.3. The third-order valence-electron chi connectivity index (χ3n) is 1.73. The lowest BCUT2D eigenvalue weighted by Crippen LogP contribution is -1.98. The molecular weight excluding hydrogens is 185 g/mol. The van der Waals surface area contributed by atoms with Gasteiger partial charge in [-0.25, -0.2) is 14.4 Å². The summed E-state index contributed by atoms with van der Waals surface area (Å²) >= 11 is 0. The summed E-state index contributed by atoms with van der Waals surface area (Å²) in [6.45, 7) is 0. The fourth-order valence-electron chi connectivity index (χ4n) is 1.06. The lowest BCUT2D eigenvalue weighted by Gasteiger charge is -1.97. The van der Waals surface area contributed by atoms with Gasteiger partial charge in [0.1, 0.15) is 0 Å². The second-order valence-electron chi connectivity index (χ2n) is 2.83. The van der Waals surface area contributed by atoms with Crippen LogP contribution in [0.15, 0.2) is 18.6 Å². The van der Waals surface area contributed by atoms with E-state index in [1.807, 2.05) is 0 Å². The van der Waals surface area contributed by atoms with Crippen LogP contribution in [0, 0.1) is 5.82 Å². The van der Waals surface area contributed by atoms with Crippen LogP contribution >= 0.6 is 0 Å². The maximum atomic E-state index is 12.7. The number of hydrogen-bond donors (Lipinski definition) is 1. The van der Waals surface area contributed by atoms with Gasteiger partial charge in [-0.2, -0.15) is 5.10 Å². The first-order chi connectivity index (χ1) is 6.66. The van der Waals surface area contributed by atoms with Gasteiger partial charge in [0.25, 0.3) is 0 Å². The van der Waals surface area contributed by atoms with E-state index in [0.717, 1.165) is 6.20 Å². The van der Waals surface area contributed by atoms with E-state index in [1.165, 1.54) is 0 Å². The van der Waals surface area contributed by atoms with Gasteiger partial charge in [0, 0.05) is 13.2 Å². The topological polar surface area (TPSA) is 69.6 Å². The molecule has 0 spiro atoms. The molecule has 0 radical (unpaired) electrons. The number of halogens is 1. The zero-order valence-corrected chi connectivity index (χ0v) is 7.48. The Hall–Kier alpha value is -1.98. The first-order valence-corrected chi connectivity index (χ1v) is 3.94. The Bertz CT molecular complexity index is 465. The van der Waals surface area contributed by atoms with Crippen molar-refractivity contribution >= 4 is 5.82 Å². The normalized spacial score (nSPS) is 10.4. The molecule has 2 aromatic rings. The highest BCUT2D eigenvalue weighted by molar-refractivity contribution is 5.53. The van der Waals surface area contributed by atoms with E-state index < -0.39 is 5.82 Å². The second-order valence-corrected chi connectivity index (χ2v) is 2.83. The van der Waals surface area contributed by atoms with Crippen LogP contribution in [-0.2, 0) is 7.05 Å². The Morgan fingerprint density at radius 2 is 2.21 bits per heavy atom. The van der Waals surface area contributed by atoms with Crippen LogP contribution in [0.5, 0.6) is 0 Å². The highest BCUT2D eigenvalue weighted by Gasteiger charge is 2.06. The van der Waals surface area contributed by atoms with Gasteiger partial charge in [-0.15, -0.1) is 0 Å². The smallest absolute Gasteiger partial charge is 0.183 e. The number of anilines is 1. The Morgan fingerprint density at radius 3 is 2.79 bits per heavy atom. The summed E-state index contributed by atoms with van der Waals surface area (Å²) in [7, 11) is 1.77. The molecule has 2 rings (SSSR count). The molecule has 72 valence electrons. The average Bonchev–Trinajstić information content (AvgIpc) is 2.57. The molecule has 14 heavy (non-hydrogen) atoms. The van der Waals surface area contributed by atoms with Crippen LogP contribution in [-0.4, -0.2) is 19.7 Å². The number of hydrogen-bond acceptors (Lipinski definition) is 4. The Labute approximate surface area is 79.4 Å². The third kappa shape index (κ3) is 1.41. The fraction of sp³-hybridized carbons (Fsp3) is 0.125. The highest BCUT2D eigenvalue weighted by Crippen LogP contribution is 2.15. The molecule has 0 aliphatic carbocycles. The number of rotatable bonds is 1. The van der Waals surface area contributed by atoms with Crippen molar-refractivity contribution in [3.8, 4) is 11.4 Å². The Morgan fingerprint density at radius 1 is 1.43 bits per heavy atom. The SMILES string of the molecule is Cn1cc(-c2ncc(F)c(N)n2)cn1. The van der Waals surface area contributed by atoms with Gasteiger partial charge < -0.3 is 5.73 Å². The van der Waals surface area contributed by atoms with Crippen molar-refractivity contribution in [2.45, 2.75) is 0 Å². The molecule has 5 nitrogen and oxygen atoms in total. The van der Waals surface area contributed by atoms with Gasteiger partial charge in [0.2, 0.25) is 0 Å². The van der Waals surface area contributed by atoms with Gasteiger partial charge in [-0.3, -0.25) is 4.68 Å². The van der Waals surface area contributed by atoms with Gasteiger partial charge in [-0.05, 0) is 0 Å². The molecule has 0 unspecified atom stereocenters. The maximum absolute atomic E-state index is 12.7. The van der Waals surface area contributed by atoms with E-state index in [4.69, 9.17) is 5.73 Å². The molecular formula is C8H8FN5. The van der Waals surface area contributed by atoms with E-state index in [1.54, 1.807) is 24.1 Å². The average molecular weight is 193 g/mol. The first-order valence-electron chi connectivity index (χ1n) is 3.94. The predicted octanol–water partition coefficient (Wildman–Crippen LogP) is 0.598. The molecule has 0 aliphatic rings. The summed E-state index contributed by atoms with van der Waals surface area (Å²) in [5, 5.41) is 3.95. The zero-order chi connectivity index (χ0) is 10.1. The van der Waals surface area contributed by atoms with Crippen molar-refractivity contribution < 1.29 is 4.39 Å². The number of nitrogens with zero attached hydrogens (tertiary/aromatic N) is 4. The summed E-state index contributed by atoms with van der Waals surface area (Å²) in [6, 6.07) is 0. The zero-order valence-electron chi connectivity index (χ0n) is 7.48. The number of nitrogen functional groups attached to an aromatic ring is 1. The lowest BCUT2D eigenvalue weighted by molar-refractivity contribution is 0.620. The van der Waals surface area contributed by atoms with Gasteiger partial charge in [0.15, 0.2) is 17.5 Å². The van der Waals surface area contributed by atoms with Crippen LogP contribution < -0.4 is 5.73 Å². The highest BCUT2D eigenvalue weighted by atomic mass is 19.1. The van der Waals surface area contributed by atoms with Crippen molar-refractivity contribution in [1.82, 2.24) is 19.7 Å². The molecule has 6 heteroatoms. The Kier molecular flexibility index (Phi) is 1.88. The second kappa shape index (κ2) is 3.06. The fourth-order valence-corrected chi connectivity index (χ4v) is 1.06. The minimum atomic E-state index is -0.613. The van der Waals surface area contributed by atoms with Crippen molar-refractivity contribution in [1.29, 1.82) is 0 Å². The predicted molar refractivity (Wildman–Crippen MR) is 48.6 cm³/mol. The van der Waals surface area contributed by atoms with Crippen LogP contribution in [0.4, 0.5) is 10.2 Å². The number of nitrogens with two attached hydrogens (primary N) is 1. The standard InChI is InChI=1S/C8H8FN5/c1-14-4-5(2-12-14)8-11-3-6(9)7(10)13-8/h2-4H,1H3,(H2,10,11,13). The van der Waals surface area contributed by atoms with Crippen molar-refractivity contribution in [3.05, 3.63) is 24.4 Å². The van der Waals surface area contributed by atoms with Crippen LogP contribution in [0.25, 0.3) is 11.4 Å². The molecule has 0 aromatic carbocycles. The molecule has 2 N–H and O–H groups in total. The van der Waals surface area contributed by atoms with Crippen molar-refractivity contribution in [2.75, 3.05) is 5.73 Å². The molecule has 2 aromatic heterocycles. The van der Waals surface area contributed by atoms with E-state index in [-0.39, 0.29) is 5.82 Å². The van der Waals surface area contributed by atoms with E-state index in [2.05, 4.69) is 15.1 Å². The largest absolute Gasteiger partial charge is 0.381 e. The molecule has 0 saturated carbocycles. The summed E-state index contributed by atoms with van der Waals surface area (Å²) < 4.78 is 14.4. The minimum absolute atomic E-state index is 0.154. The monoisotopic (exact) mass is 193 g/mol. The summed E-state index contributed by atoms with van der Waals surface area (Å²) in [5.41, 5.74) is 6.02. The van der Waals surface area contributed by atoms with Crippen LogP contribution in [0.2, 0.25) is 0 Å². The molecule has 0 fully saturated rings. The molecule has 0 bridgehead atoms. The number of aryl methyl sites for hydroxylation is 1.